The molecular weight excluding hydrogens is 332 g/mol. The molecule has 3 nitrogen and oxygen atoms in total. The Labute approximate surface area is 135 Å². The lowest BCUT2D eigenvalue weighted by Crippen LogP contribution is -2.05. The summed E-state index contributed by atoms with van der Waals surface area (Å²) >= 11 is 13.6. The number of halogens is 3. The van der Waals surface area contributed by atoms with Gasteiger partial charge in [-0.1, -0.05) is 11.6 Å². The Morgan fingerprint density at radius 1 is 1.38 bits per heavy atom. The van der Waals surface area contributed by atoms with Gasteiger partial charge in [0.2, 0.25) is 0 Å². The first-order chi connectivity index (χ1) is 9.95. The molecule has 110 valence electrons. The Kier molecular flexibility index (Phi) is 3.90. The predicted molar refractivity (Wildman–Crippen MR) is 84.9 cm³/mol. The smallest absolute Gasteiger partial charge is 0.144 e. The second-order valence-corrected chi connectivity index (χ2v) is 6.81. The zero-order valence-corrected chi connectivity index (χ0v) is 13.7. The summed E-state index contributed by atoms with van der Waals surface area (Å²) in [6.07, 6.45) is 0. The van der Waals surface area contributed by atoms with Crippen molar-refractivity contribution < 1.29 is 4.39 Å². The highest BCUT2D eigenvalue weighted by atomic mass is 35.5. The van der Waals surface area contributed by atoms with Crippen LogP contribution < -0.4 is 0 Å². The van der Waals surface area contributed by atoms with Crippen LogP contribution in [0, 0.1) is 12.7 Å². The van der Waals surface area contributed by atoms with E-state index in [0.29, 0.717) is 23.4 Å². The fraction of sp³-hybridized carbons (Fsp3) is 0.286. The van der Waals surface area contributed by atoms with Crippen LogP contribution in [0.5, 0.6) is 0 Å². The zero-order chi connectivity index (χ0) is 15.1. The number of nitrogens with zero attached hydrogens (tertiary/aromatic N) is 3. The van der Waals surface area contributed by atoms with Crippen molar-refractivity contribution in [1.29, 1.82) is 0 Å². The van der Waals surface area contributed by atoms with Gasteiger partial charge < -0.3 is 4.57 Å². The SMILES string of the molecule is Cc1csc(Cn2c(C(C)Cl)nc3cc(Cl)c(F)cc32)n1. The quantitative estimate of drug-likeness (QED) is 0.630. The van der Waals surface area contributed by atoms with E-state index in [1.54, 1.807) is 11.3 Å². The van der Waals surface area contributed by atoms with Gasteiger partial charge in [0.05, 0.1) is 28.0 Å². The molecule has 2 aromatic heterocycles. The van der Waals surface area contributed by atoms with Crippen molar-refractivity contribution in [2.75, 3.05) is 0 Å². The largest absolute Gasteiger partial charge is 0.320 e. The topological polar surface area (TPSA) is 30.7 Å². The predicted octanol–water partition coefficient (Wildman–Crippen LogP) is 4.94. The summed E-state index contributed by atoms with van der Waals surface area (Å²) in [6, 6.07) is 2.92. The Balaban J connectivity index is 2.17. The highest BCUT2D eigenvalue weighted by Gasteiger charge is 2.18. The van der Waals surface area contributed by atoms with Crippen LogP contribution >= 0.6 is 34.5 Å². The van der Waals surface area contributed by atoms with Gasteiger partial charge in [0.25, 0.3) is 0 Å². The fourth-order valence-electron chi connectivity index (χ4n) is 2.22. The van der Waals surface area contributed by atoms with Crippen LogP contribution in [0.1, 0.15) is 28.8 Å². The molecule has 3 rings (SSSR count). The van der Waals surface area contributed by atoms with Gasteiger partial charge in [-0.05, 0) is 19.9 Å². The third-order valence-corrected chi connectivity index (χ3v) is 4.57. The standard InChI is InChI=1S/C14H12Cl2FN3S/c1-7-6-21-13(18-7)5-20-12-4-10(17)9(16)3-11(12)19-14(20)8(2)15/h3-4,6,8H,5H2,1-2H3. The lowest BCUT2D eigenvalue weighted by atomic mass is 10.3. The molecule has 1 unspecified atom stereocenters. The van der Waals surface area contributed by atoms with Crippen molar-refractivity contribution in [3.05, 3.63) is 44.9 Å². The maximum absolute atomic E-state index is 13.8. The highest BCUT2D eigenvalue weighted by molar-refractivity contribution is 7.09. The highest BCUT2D eigenvalue weighted by Crippen LogP contribution is 2.29. The van der Waals surface area contributed by atoms with E-state index in [2.05, 4.69) is 9.97 Å². The van der Waals surface area contributed by atoms with Gasteiger partial charge in [-0.25, -0.2) is 14.4 Å². The molecule has 3 aromatic rings. The molecule has 0 bridgehead atoms. The lowest BCUT2D eigenvalue weighted by Gasteiger charge is -2.08. The van der Waals surface area contributed by atoms with Crippen LogP contribution in [0.2, 0.25) is 5.02 Å². The van der Waals surface area contributed by atoms with Crippen molar-refractivity contribution in [2.24, 2.45) is 0 Å². The summed E-state index contributed by atoms with van der Waals surface area (Å²) in [7, 11) is 0. The van der Waals surface area contributed by atoms with E-state index in [1.165, 1.54) is 12.1 Å². The van der Waals surface area contributed by atoms with Crippen LogP contribution in [0.15, 0.2) is 17.5 Å². The van der Waals surface area contributed by atoms with Gasteiger partial charge in [-0.3, -0.25) is 0 Å². The molecule has 0 fully saturated rings. The minimum Gasteiger partial charge on any atom is -0.320 e. The van der Waals surface area contributed by atoms with Gasteiger partial charge in [-0.2, -0.15) is 0 Å². The van der Waals surface area contributed by atoms with Crippen molar-refractivity contribution in [3.8, 4) is 0 Å². The number of aryl methyl sites for hydroxylation is 1. The van der Waals surface area contributed by atoms with Crippen molar-refractivity contribution in [2.45, 2.75) is 25.8 Å². The van der Waals surface area contributed by atoms with Crippen molar-refractivity contribution >= 4 is 45.6 Å². The maximum atomic E-state index is 13.8. The molecule has 0 aliphatic rings. The minimum atomic E-state index is -0.464. The molecule has 0 amide bonds. The number of thiazole rings is 1. The molecule has 0 saturated heterocycles. The molecule has 0 spiro atoms. The first kappa shape index (κ1) is 14.8. The van der Waals surface area contributed by atoms with E-state index in [1.807, 2.05) is 23.8 Å². The lowest BCUT2D eigenvalue weighted by molar-refractivity contribution is 0.628. The van der Waals surface area contributed by atoms with Crippen LogP contribution in [0.3, 0.4) is 0 Å². The second-order valence-electron chi connectivity index (χ2n) is 4.81. The van der Waals surface area contributed by atoms with E-state index in [-0.39, 0.29) is 10.4 Å². The first-order valence-electron chi connectivity index (χ1n) is 6.36. The molecule has 0 radical (unpaired) electrons. The molecule has 0 N–H and O–H groups in total. The number of aromatic nitrogens is 3. The van der Waals surface area contributed by atoms with Crippen LogP contribution in [-0.4, -0.2) is 14.5 Å². The summed E-state index contributed by atoms with van der Waals surface area (Å²) in [6.45, 7) is 4.29. The van der Waals surface area contributed by atoms with Gasteiger partial charge in [0.15, 0.2) is 0 Å². The number of benzene rings is 1. The van der Waals surface area contributed by atoms with Crippen LogP contribution in [0.25, 0.3) is 11.0 Å². The monoisotopic (exact) mass is 343 g/mol. The number of hydrogen-bond donors (Lipinski definition) is 0. The zero-order valence-electron chi connectivity index (χ0n) is 11.4. The average Bonchev–Trinajstić information content (AvgIpc) is 2.96. The summed E-state index contributed by atoms with van der Waals surface area (Å²) in [4.78, 5) is 8.91. The summed E-state index contributed by atoms with van der Waals surface area (Å²) in [5, 5.41) is 2.68. The maximum Gasteiger partial charge on any atom is 0.144 e. The summed E-state index contributed by atoms with van der Waals surface area (Å²) < 4.78 is 15.7. The van der Waals surface area contributed by atoms with E-state index in [9.17, 15) is 4.39 Å². The van der Waals surface area contributed by atoms with Crippen molar-refractivity contribution in [1.82, 2.24) is 14.5 Å². The minimum absolute atomic E-state index is 0.0611. The normalized spacial score (nSPS) is 13.0. The van der Waals surface area contributed by atoms with E-state index < -0.39 is 5.82 Å². The van der Waals surface area contributed by atoms with Gasteiger partial charge >= 0.3 is 0 Å². The Morgan fingerprint density at radius 3 is 2.76 bits per heavy atom. The number of fused-ring (bicyclic) bond motifs is 1. The number of alkyl halides is 1. The fourth-order valence-corrected chi connectivity index (χ4v) is 3.30. The molecule has 0 saturated carbocycles. The number of hydrogen-bond acceptors (Lipinski definition) is 3. The molecule has 21 heavy (non-hydrogen) atoms. The molecule has 2 heterocycles. The number of rotatable bonds is 3. The molecule has 0 aliphatic carbocycles. The summed E-state index contributed by atoms with van der Waals surface area (Å²) in [5.41, 5.74) is 2.28. The Bertz CT molecular complexity index is 810. The van der Waals surface area contributed by atoms with Gasteiger partial charge in [0, 0.05) is 17.1 Å². The molecular formula is C14H12Cl2FN3S. The third-order valence-electron chi connectivity index (χ3n) is 3.14. The molecule has 1 aromatic carbocycles. The number of imidazole rings is 1. The second kappa shape index (κ2) is 5.55. The van der Waals surface area contributed by atoms with E-state index in [4.69, 9.17) is 23.2 Å². The molecule has 1 atom stereocenters. The third kappa shape index (κ3) is 2.78. The van der Waals surface area contributed by atoms with E-state index in [0.717, 1.165) is 10.7 Å². The van der Waals surface area contributed by atoms with Crippen molar-refractivity contribution in [3.63, 3.8) is 0 Å². The molecule has 7 heteroatoms. The van der Waals surface area contributed by atoms with Crippen LogP contribution in [-0.2, 0) is 6.54 Å². The van der Waals surface area contributed by atoms with Gasteiger partial charge in [-0.15, -0.1) is 22.9 Å². The average molecular weight is 344 g/mol. The van der Waals surface area contributed by atoms with Gasteiger partial charge in [0.1, 0.15) is 16.6 Å². The first-order valence-corrected chi connectivity index (χ1v) is 8.05. The summed E-state index contributed by atoms with van der Waals surface area (Å²) in [5.74, 6) is 0.218. The molecule has 0 aliphatic heterocycles. The Hall–Kier alpha value is -1.17. The Morgan fingerprint density at radius 2 is 2.14 bits per heavy atom. The van der Waals surface area contributed by atoms with E-state index >= 15 is 0 Å². The van der Waals surface area contributed by atoms with Crippen LogP contribution in [0.4, 0.5) is 4.39 Å².